The molecule has 1 amide bonds. The number of nitrogens with zero attached hydrogens (tertiary/aromatic N) is 2. The maximum absolute atomic E-state index is 12.0. The second-order valence-electron chi connectivity index (χ2n) is 4.95. The predicted molar refractivity (Wildman–Crippen MR) is 78.9 cm³/mol. The number of amides is 1. The summed E-state index contributed by atoms with van der Waals surface area (Å²) in [7, 11) is 0. The summed E-state index contributed by atoms with van der Waals surface area (Å²) in [4.78, 5) is 13.6. The highest BCUT2D eigenvalue weighted by Crippen LogP contribution is 2.25. The van der Waals surface area contributed by atoms with Crippen LogP contribution in [0.2, 0.25) is 0 Å². The van der Waals surface area contributed by atoms with Gasteiger partial charge in [-0.2, -0.15) is 5.26 Å². The zero-order valence-electron chi connectivity index (χ0n) is 11.4. The first-order chi connectivity index (χ1) is 10.3. The molecule has 21 heavy (non-hydrogen) atoms. The third-order valence-electron chi connectivity index (χ3n) is 3.55. The summed E-state index contributed by atoms with van der Waals surface area (Å²) in [5.74, 6) is 0. The number of hydrogen-bond donors (Lipinski definition) is 0. The number of carbonyl (C=O) groups excluding carboxylic acids is 1. The minimum absolute atomic E-state index is 0.0205. The molecule has 1 saturated heterocycles. The van der Waals surface area contributed by atoms with E-state index in [1.54, 1.807) is 29.2 Å². The van der Waals surface area contributed by atoms with E-state index in [0.717, 1.165) is 12.1 Å². The van der Waals surface area contributed by atoms with Gasteiger partial charge in [0, 0.05) is 5.69 Å². The van der Waals surface area contributed by atoms with Gasteiger partial charge in [0.15, 0.2) is 0 Å². The zero-order valence-corrected chi connectivity index (χ0v) is 11.4. The summed E-state index contributed by atoms with van der Waals surface area (Å²) in [6, 6.07) is 19.1. The average Bonchev–Trinajstić information content (AvgIpc) is 2.89. The molecule has 0 N–H and O–H groups in total. The van der Waals surface area contributed by atoms with Gasteiger partial charge in [0.1, 0.15) is 6.61 Å². The van der Waals surface area contributed by atoms with E-state index < -0.39 is 0 Å². The number of anilines is 1. The smallest absolute Gasteiger partial charge is 0.414 e. The third kappa shape index (κ3) is 2.72. The maximum atomic E-state index is 12.0. The summed E-state index contributed by atoms with van der Waals surface area (Å²) < 4.78 is 5.18. The highest BCUT2D eigenvalue weighted by molar-refractivity contribution is 5.90. The van der Waals surface area contributed by atoms with Crippen LogP contribution in [-0.4, -0.2) is 18.7 Å². The lowest BCUT2D eigenvalue weighted by molar-refractivity contribution is 0.178. The minimum Gasteiger partial charge on any atom is -0.447 e. The molecule has 1 atom stereocenters. The maximum Gasteiger partial charge on any atom is 0.414 e. The van der Waals surface area contributed by atoms with Crippen molar-refractivity contribution < 1.29 is 9.53 Å². The average molecular weight is 278 g/mol. The molecule has 4 nitrogen and oxygen atoms in total. The summed E-state index contributed by atoms with van der Waals surface area (Å²) in [6.07, 6.45) is 0.410. The first-order valence-electron chi connectivity index (χ1n) is 6.78. The van der Waals surface area contributed by atoms with Gasteiger partial charge in [-0.3, -0.25) is 4.90 Å². The molecule has 3 rings (SSSR count). The monoisotopic (exact) mass is 278 g/mol. The topological polar surface area (TPSA) is 53.3 Å². The normalized spacial score (nSPS) is 17.4. The van der Waals surface area contributed by atoms with Crippen LogP contribution in [0.25, 0.3) is 0 Å². The Balaban J connectivity index is 1.83. The fourth-order valence-corrected chi connectivity index (χ4v) is 2.51. The number of ether oxygens (including phenoxy) is 1. The summed E-state index contributed by atoms with van der Waals surface area (Å²) in [5.41, 5.74) is 2.50. The molecule has 1 aliphatic rings. The fraction of sp³-hybridized carbons (Fsp3) is 0.176. The van der Waals surface area contributed by atoms with Crippen LogP contribution in [0.5, 0.6) is 0 Å². The highest BCUT2D eigenvalue weighted by Gasteiger charge is 2.34. The van der Waals surface area contributed by atoms with Crippen LogP contribution in [0.4, 0.5) is 10.5 Å². The second-order valence-corrected chi connectivity index (χ2v) is 4.95. The number of nitriles is 1. The van der Waals surface area contributed by atoms with E-state index in [-0.39, 0.29) is 12.1 Å². The van der Waals surface area contributed by atoms with Crippen molar-refractivity contribution in [3.63, 3.8) is 0 Å². The molecule has 1 fully saturated rings. The van der Waals surface area contributed by atoms with E-state index in [1.165, 1.54) is 5.56 Å². The Morgan fingerprint density at radius 2 is 1.86 bits per heavy atom. The minimum atomic E-state index is -0.333. The van der Waals surface area contributed by atoms with Crippen LogP contribution in [0.15, 0.2) is 54.6 Å². The molecule has 104 valence electrons. The lowest BCUT2D eigenvalue weighted by Crippen LogP contribution is -2.35. The summed E-state index contributed by atoms with van der Waals surface area (Å²) in [5, 5.41) is 8.84. The Morgan fingerprint density at radius 3 is 2.52 bits per heavy atom. The van der Waals surface area contributed by atoms with Crippen LogP contribution in [0.1, 0.15) is 11.1 Å². The van der Waals surface area contributed by atoms with Gasteiger partial charge in [-0.1, -0.05) is 30.3 Å². The molecule has 1 heterocycles. The van der Waals surface area contributed by atoms with E-state index in [1.807, 2.05) is 30.3 Å². The molecule has 0 bridgehead atoms. The number of carbonyl (C=O) groups is 1. The van der Waals surface area contributed by atoms with Crippen LogP contribution in [-0.2, 0) is 11.2 Å². The van der Waals surface area contributed by atoms with Crippen molar-refractivity contribution in [2.75, 3.05) is 11.5 Å². The van der Waals surface area contributed by atoms with Gasteiger partial charge in [0.05, 0.1) is 17.7 Å². The molecule has 0 aromatic heterocycles. The molecule has 0 aliphatic carbocycles. The van der Waals surface area contributed by atoms with E-state index in [2.05, 4.69) is 6.07 Å². The number of hydrogen-bond acceptors (Lipinski definition) is 3. The predicted octanol–water partition coefficient (Wildman–Crippen LogP) is 3.13. The number of rotatable bonds is 3. The summed E-state index contributed by atoms with van der Waals surface area (Å²) in [6.45, 7) is 0.383. The third-order valence-corrected chi connectivity index (χ3v) is 3.55. The van der Waals surface area contributed by atoms with E-state index >= 15 is 0 Å². The lowest BCUT2D eigenvalue weighted by atomic mass is 10.1. The van der Waals surface area contributed by atoms with Crippen molar-refractivity contribution >= 4 is 11.8 Å². The molecular formula is C17H14N2O2. The Hall–Kier alpha value is -2.80. The van der Waals surface area contributed by atoms with Crippen molar-refractivity contribution in [2.45, 2.75) is 12.5 Å². The van der Waals surface area contributed by atoms with E-state index in [0.29, 0.717) is 12.2 Å². The van der Waals surface area contributed by atoms with Gasteiger partial charge in [-0.25, -0.2) is 4.79 Å². The Morgan fingerprint density at radius 1 is 1.14 bits per heavy atom. The highest BCUT2D eigenvalue weighted by atomic mass is 16.6. The second kappa shape index (κ2) is 5.68. The van der Waals surface area contributed by atoms with E-state index in [4.69, 9.17) is 10.00 Å². The molecule has 1 unspecified atom stereocenters. The SMILES string of the molecule is N#Cc1ccc(N2C(=O)OCC2Cc2ccccc2)cc1. The molecule has 0 saturated carbocycles. The first-order valence-corrected chi connectivity index (χ1v) is 6.78. The van der Waals surface area contributed by atoms with Gasteiger partial charge in [0.2, 0.25) is 0 Å². The Bertz CT molecular complexity index is 674. The quantitative estimate of drug-likeness (QED) is 0.866. The molecular weight excluding hydrogens is 264 g/mol. The standard InChI is InChI=1S/C17H14N2O2/c18-11-14-6-8-15(9-7-14)19-16(12-21-17(19)20)10-13-4-2-1-3-5-13/h1-9,16H,10,12H2. The Labute approximate surface area is 123 Å². The van der Waals surface area contributed by atoms with Gasteiger partial charge >= 0.3 is 6.09 Å². The van der Waals surface area contributed by atoms with Gasteiger partial charge < -0.3 is 4.74 Å². The van der Waals surface area contributed by atoms with Crippen molar-refractivity contribution in [1.82, 2.24) is 0 Å². The molecule has 4 heteroatoms. The van der Waals surface area contributed by atoms with Crippen molar-refractivity contribution in [2.24, 2.45) is 0 Å². The lowest BCUT2D eigenvalue weighted by Gasteiger charge is -2.21. The zero-order chi connectivity index (χ0) is 14.7. The van der Waals surface area contributed by atoms with E-state index in [9.17, 15) is 4.79 Å². The number of benzene rings is 2. The van der Waals surface area contributed by atoms with Crippen molar-refractivity contribution in [1.29, 1.82) is 5.26 Å². The fourth-order valence-electron chi connectivity index (χ4n) is 2.51. The largest absolute Gasteiger partial charge is 0.447 e. The van der Waals surface area contributed by atoms with Crippen LogP contribution < -0.4 is 4.90 Å². The Kier molecular flexibility index (Phi) is 3.57. The van der Waals surface area contributed by atoms with Crippen molar-refractivity contribution in [3.8, 4) is 6.07 Å². The molecule has 1 aliphatic heterocycles. The van der Waals surface area contributed by atoms with Gasteiger partial charge in [-0.15, -0.1) is 0 Å². The van der Waals surface area contributed by atoms with Crippen molar-refractivity contribution in [3.05, 3.63) is 65.7 Å². The van der Waals surface area contributed by atoms with Gasteiger partial charge in [-0.05, 0) is 36.2 Å². The van der Waals surface area contributed by atoms with Crippen LogP contribution >= 0.6 is 0 Å². The van der Waals surface area contributed by atoms with Crippen LogP contribution in [0, 0.1) is 11.3 Å². The van der Waals surface area contributed by atoms with Gasteiger partial charge in [0.25, 0.3) is 0 Å². The molecule has 0 radical (unpaired) electrons. The number of cyclic esters (lactones) is 1. The van der Waals surface area contributed by atoms with Crippen LogP contribution in [0.3, 0.4) is 0 Å². The molecule has 2 aromatic rings. The molecule has 0 spiro atoms. The summed E-state index contributed by atoms with van der Waals surface area (Å²) >= 11 is 0. The first kappa shape index (κ1) is 13.2. The molecule has 2 aromatic carbocycles.